The van der Waals surface area contributed by atoms with Crippen LogP contribution in [0.25, 0.3) is 0 Å². The summed E-state index contributed by atoms with van der Waals surface area (Å²) in [5, 5.41) is 14.4. The van der Waals surface area contributed by atoms with E-state index in [0.717, 1.165) is 5.56 Å². The van der Waals surface area contributed by atoms with Crippen LogP contribution in [-0.2, 0) is 4.79 Å². The van der Waals surface area contributed by atoms with Crippen LogP contribution in [0.4, 0.5) is 4.79 Å². The average molecular weight is 275 g/mol. The van der Waals surface area contributed by atoms with Crippen molar-refractivity contribution < 1.29 is 14.7 Å². The van der Waals surface area contributed by atoms with Crippen molar-refractivity contribution in [3.8, 4) is 0 Å². The smallest absolute Gasteiger partial charge is 0.315 e. The highest BCUT2D eigenvalue weighted by Gasteiger charge is 2.25. The van der Waals surface area contributed by atoms with Gasteiger partial charge in [-0.2, -0.15) is 0 Å². The molecule has 0 bridgehead atoms. The molecule has 106 valence electrons. The Morgan fingerprint density at radius 3 is 2.85 bits per heavy atom. The maximum atomic E-state index is 11.8. The van der Waals surface area contributed by atoms with Crippen LogP contribution in [0.3, 0.4) is 0 Å². The normalized spacial score (nSPS) is 22.2. The molecule has 1 aliphatic rings. The van der Waals surface area contributed by atoms with Crippen molar-refractivity contribution in [1.29, 1.82) is 0 Å². The summed E-state index contributed by atoms with van der Waals surface area (Å²) in [5.74, 6) is -1.38. The number of pyridine rings is 1. The van der Waals surface area contributed by atoms with E-state index < -0.39 is 11.9 Å². The Kier molecular flexibility index (Phi) is 4.34. The fraction of sp³-hybridized carbons (Fsp3) is 0.357. The molecule has 6 heteroatoms. The SMILES string of the molecule is CC(NC(=O)NC1C=CC(C(=O)O)C1)c1cccnc1. The third-order valence-electron chi connectivity index (χ3n) is 3.25. The molecular weight excluding hydrogens is 258 g/mol. The molecule has 1 heterocycles. The lowest BCUT2D eigenvalue weighted by Gasteiger charge is -2.17. The molecule has 0 aromatic carbocycles. The number of carbonyl (C=O) groups is 2. The second-order valence-corrected chi connectivity index (χ2v) is 4.80. The molecule has 3 N–H and O–H groups in total. The molecule has 0 saturated heterocycles. The molecule has 1 aromatic rings. The Morgan fingerprint density at radius 1 is 1.45 bits per heavy atom. The van der Waals surface area contributed by atoms with Gasteiger partial charge in [0.15, 0.2) is 0 Å². The number of carboxylic acids is 1. The maximum Gasteiger partial charge on any atom is 0.315 e. The number of urea groups is 1. The Bertz CT molecular complexity index is 516. The van der Waals surface area contributed by atoms with Crippen molar-refractivity contribution in [3.63, 3.8) is 0 Å². The Labute approximate surface area is 116 Å². The number of hydrogen-bond donors (Lipinski definition) is 3. The third-order valence-corrected chi connectivity index (χ3v) is 3.25. The van der Waals surface area contributed by atoms with Crippen molar-refractivity contribution in [1.82, 2.24) is 15.6 Å². The number of carboxylic acid groups (broad SMARTS) is 1. The van der Waals surface area contributed by atoms with Crippen LogP contribution in [0.2, 0.25) is 0 Å². The average Bonchev–Trinajstić information content (AvgIpc) is 2.88. The van der Waals surface area contributed by atoms with Gasteiger partial charge in [0.05, 0.1) is 18.0 Å². The minimum atomic E-state index is -0.866. The molecule has 6 nitrogen and oxygen atoms in total. The predicted octanol–water partition coefficient (Wildman–Crippen LogP) is 1.47. The minimum Gasteiger partial charge on any atom is -0.481 e. The van der Waals surface area contributed by atoms with Crippen LogP contribution in [-0.4, -0.2) is 28.1 Å². The molecule has 1 aromatic heterocycles. The summed E-state index contributed by atoms with van der Waals surface area (Å²) >= 11 is 0. The molecule has 2 rings (SSSR count). The first-order valence-corrected chi connectivity index (χ1v) is 6.44. The van der Waals surface area contributed by atoms with Crippen molar-refractivity contribution in [3.05, 3.63) is 42.2 Å². The molecule has 0 aliphatic heterocycles. The van der Waals surface area contributed by atoms with E-state index in [-0.39, 0.29) is 18.1 Å². The maximum absolute atomic E-state index is 11.8. The van der Waals surface area contributed by atoms with Gasteiger partial charge in [0.25, 0.3) is 0 Å². The fourth-order valence-electron chi connectivity index (χ4n) is 2.11. The molecule has 0 saturated carbocycles. The van der Waals surface area contributed by atoms with Gasteiger partial charge < -0.3 is 15.7 Å². The van der Waals surface area contributed by atoms with Crippen molar-refractivity contribution in [2.24, 2.45) is 5.92 Å². The van der Waals surface area contributed by atoms with Crippen LogP contribution >= 0.6 is 0 Å². The van der Waals surface area contributed by atoms with Gasteiger partial charge >= 0.3 is 12.0 Å². The lowest BCUT2D eigenvalue weighted by molar-refractivity contribution is -0.140. The number of aromatic nitrogens is 1. The fourth-order valence-corrected chi connectivity index (χ4v) is 2.11. The molecule has 3 unspecified atom stereocenters. The van der Waals surface area contributed by atoms with Crippen LogP contribution in [0.5, 0.6) is 0 Å². The lowest BCUT2D eigenvalue weighted by Crippen LogP contribution is -2.42. The van der Waals surface area contributed by atoms with E-state index in [1.807, 2.05) is 19.1 Å². The third kappa shape index (κ3) is 3.57. The minimum absolute atomic E-state index is 0.163. The molecular formula is C14H17N3O3. The summed E-state index contributed by atoms with van der Waals surface area (Å²) in [4.78, 5) is 26.6. The zero-order valence-corrected chi connectivity index (χ0v) is 11.1. The molecule has 3 atom stereocenters. The van der Waals surface area contributed by atoms with E-state index in [1.165, 1.54) is 0 Å². The summed E-state index contributed by atoms with van der Waals surface area (Å²) in [6, 6.07) is 2.97. The van der Waals surface area contributed by atoms with E-state index in [0.29, 0.717) is 6.42 Å². The van der Waals surface area contributed by atoms with Gasteiger partial charge in [0, 0.05) is 12.4 Å². The van der Waals surface area contributed by atoms with Gasteiger partial charge in [-0.3, -0.25) is 9.78 Å². The van der Waals surface area contributed by atoms with E-state index in [4.69, 9.17) is 5.11 Å². The molecule has 0 spiro atoms. The first-order valence-electron chi connectivity index (χ1n) is 6.44. The highest BCUT2D eigenvalue weighted by Crippen LogP contribution is 2.18. The van der Waals surface area contributed by atoms with E-state index in [1.54, 1.807) is 24.5 Å². The topological polar surface area (TPSA) is 91.3 Å². The summed E-state index contributed by atoms with van der Waals surface area (Å²) in [7, 11) is 0. The van der Waals surface area contributed by atoms with E-state index >= 15 is 0 Å². The summed E-state index contributed by atoms with van der Waals surface area (Å²) in [6.45, 7) is 1.86. The number of rotatable bonds is 4. The first kappa shape index (κ1) is 14.0. The van der Waals surface area contributed by atoms with Crippen LogP contribution < -0.4 is 10.6 Å². The molecule has 0 fully saturated rings. The first-order chi connectivity index (χ1) is 9.56. The zero-order valence-electron chi connectivity index (χ0n) is 11.1. The van der Waals surface area contributed by atoms with E-state index in [9.17, 15) is 9.59 Å². The summed E-state index contributed by atoms with van der Waals surface area (Å²) in [5.41, 5.74) is 0.910. The van der Waals surface area contributed by atoms with Gasteiger partial charge in [-0.25, -0.2) is 4.79 Å². The number of nitrogens with zero attached hydrogens (tertiary/aromatic N) is 1. The number of carbonyl (C=O) groups excluding carboxylic acids is 1. The monoisotopic (exact) mass is 275 g/mol. The highest BCUT2D eigenvalue weighted by molar-refractivity contribution is 5.76. The van der Waals surface area contributed by atoms with Crippen LogP contribution in [0, 0.1) is 5.92 Å². The summed E-state index contributed by atoms with van der Waals surface area (Å²) in [6.07, 6.45) is 7.08. The van der Waals surface area contributed by atoms with Crippen molar-refractivity contribution >= 4 is 12.0 Å². The summed E-state index contributed by atoms with van der Waals surface area (Å²) < 4.78 is 0. The molecule has 20 heavy (non-hydrogen) atoms. The molecule has 0 radical (unpaired) electrons. The van der Waals surface area contributed by atoms with E-state index in [2.05, 4.69) is 15.6 Å². The Morgan fingerprint density at radius 2 is 2.25 bits per heavy atom. The van der Waals surface area contributed by atoms with Crippen molar-refractivity contribution in [2.45, 2.75) is 25.4 Å². The Hall–Kier alpha value is -2.37. The van der Waals surface area contributed by atoms with Gasteiger partial charge in [0.2, 0.25) is 0 Å². The van der Waals surface area contributed by atoms with Gasteiger partial charge in [-0.1, -0.05) is 18.2 Å². The predicted molar refractivity (Wildman–Crippen MR) is 73.0 cm³/mol. The number of amides is 2. The Balaban J connectivity index is 1.82. The molecule has 2 amide bonds. The number of nitrogens with one attached hydrogen (secondary N) is 2. The lowest BCUT2D eigenvalue weighted by atomic mass is 10.1. The second kappa shape index (κ2) is 6.18. The highest BCUT2D eigenvalue weighted by atomic mass is 16.4. The molecule has 1 aliphatic carbocycles. The van der Waals surface area contributed by atoms with Gasteiger partial charge in [-0.05, 0) is 25.0 Å². The number of aliphatic carboxylic acids is 1. The van der Waals surface area contributed by atoms with Crippen molar-refractivity contribution in [2.75, 3.05) is 0 Å². The number of hydrogen-bond acceptors (Lipinski definition) is 3. The van der Waals surface area contributed by atoms with Crippen LogP contribution in [0.1, 0.15) is 24.9 Å². The van der Waals surface area contributed by atoms with Gasteiger partial charge in [-0.15, -0.1) is 0 Å². The largest absolute Gasteiger partial charge is 0.481 e. The van der Waals surface area contributed by atoms with Crippen LogP contribution in [0.15, 0.2) is 36.7 Å². The van der Waals surface area contributed by atoms with Gasteiger partial charge in [0.1, 0.15) is 0 Å². The second-order valence-electron chi connectivity index (χ2n) is 4.80. The zero-order chi connectivity index (χ0) is 14.5. The standard InChI is InChI=1S/C14H17N3O3/c1-9(11-3-2-6-15-8-11)16-14(20)17-12-5-4-10(7-12)13(18)19/h2-6,8-10,12H,7H2,1H3,(H,18,19)(H2,16,17,20). The quantitative estimate of drug-likeness (QED) is 0.726.